The lowest BCUT2D eigenvalue weighted by molar-refractivity contribution is 0.323. The van der Waals surface area contributed by atoms with Crippen LogP contribution < -0.4 is 17.1 Å². The van der Waals surface area contributed by atoms with Gasteiger partial charge in [-0.05, 0) is 7.05 Å². The molecule has 5 N–H and O–H groups in total. The maximum atomic E-state index is 4.00. The summed E-state index contributed by atoms with van der Waals surface area (Å²) in [6.45, 7) is 0. The van der Waals surface area contributed by atoms with E-state index in [-0.39, 0.29) is 0 Å². The highest BCUT2D eigenvalue weighted by Gasteiger charge is 1.68. The van der Waals surface area contributed by atoms with E-state index >= 15 is 0 Å². The first-order valence-electron chi connectivity index (χ1n) is 1.95. The van der Waals surface area contributed by atoms with Gasteiger partial charge in [0.05, 0.1) is 0 Å². The Kier molecular flexibility index (Phi) is 13.2. The Morgan fingerprint density at radius 1 is 1.29 bits per heavy atom. The molecule has 0 aliphatic carbocycles. The number of nitrogens with one attached hydrogen (secondary N) is 1. The molecule has 4 heteroatoms. The molecule has 0 spiro atoms. The highest BCUT2D eigenvalue weighted by atomic mass is 15.5. The van der Waals surface area contributed by atoms with E-state index in [9.17, 15) is 0 Å². The van der Waals surface area contributed by atoms with Crippen LogP contribution in [-0.2, 0) is 0 Å². The van der Waals surface area contributed by atoms with E-state index < -0.39 is 0 Å². The van der Waals surface area contributed by atoms with Gasteiger partial charge in [0.2, 0.25) is 0 Å². The number of hydrogen-bond donors (Lipinski definition) is 3. The van der Waals surface area contributed by atoms with Gasteiger partial charge in [-0.25, -0.2) is 0 Å². The molecule has 0 radical (unpaired) electrons. The van der Waals surface area contributed by atoms with Crippen LogP contribution in [0.2, 0.25) is 0 Å². The number of rotatable bonds is 1. The molecular formula is C3H14N4. The smallest absolute Gasteiger partial charge is 0.00128 e. The first-order chi connectivity index (χ1) is 3.27. The van der Waals surface area contributed by atoms with Crippen molar-refractivity contribution in [1.29, 1.82) is 0 Å². The van der Waals surface area contributed by atoms with Gasteiger partial charge < -0.3 is 0 Å². The molecule has 0 saturated carbocycles. The van der Waals surface area contributed by atoms with Crippen molar-refractivity contribution in [2.75, 3.05) is 21.1 Å². The fraction of sp³-hybridized carbons (Fsp3) is 1.00. The summed E-state index contributed by atoms with van der Waals surface area (Å²) >= 11 is 0. The van der Waals surface area contributed by atoms with Gasteiger partial charge in [0, 0.05) is 14.1 Å². The summed E-state index contributed by atoms with van der Waals surface area (Å²) in [5, 5.41) is 1.88. The lowest BCUT2D eigenvalue weighted by Crippen LogP contribution is -2.25. The average molecular weight is 106 g/mol. The molecule has 46 valence electrons. The van der Waals surface area contributed by atoms with Crippen molar-refractivity contribution in [3.63, 3.8) is 0 Å². The van der Waals surface area contributed by atoms with Crippen molar-refractivity contribution in [2.45, 2.75) is 0 Å². The highest BCUT2D eigenvalue weighted by molar-refractivity contribution is 4.12. The molecule has 0 unspecified atom stereocenters. The third kappa shape index (κ3) is 25.4. The number of nitrogens with zero attached hydrogens (tertiary/aromatic N) is 1. The summed E-state index contributed by atoms with van der Waals surface area (Å²) < 4.78 is 0. The predicted octanol–water partition coefficient (Wildman–Crippen LogP) is -1.50. The van der Waals surface area contributed by atoms with Gasteiger partial charge in [0.15, 0.2) is 0 Å². The fourth-order valence-electron chi connectivity index (χ4n) is 0. The Bertz CT molecular complexity index is 20.9. The van der Waals surface area contributed by atoms with Crippen molar-refractivity contribution in [3.8, 4) is 0 Å². The number of nitrogens with two attached hydrogens (primary N) is 2. The SMILES string of the molecule is CNN(C)C.NN. The molecule has 0 rings (SSSR count). The second kappa shape index (κ2) is 9.28. The Hall–Kier alpha value is -0.160. The van der Waals surface area contributed by atoms with Crippen LogP contribution in [0.3, 0.4) is 0 Å². The summed E-state index contributed by atoms with van der Waals surface area (Å²) in [6.07, 6.45) is 0. The predicted molar refractivity (Wildman–Crippen MR) is 31.1 cm³/mol. The fourth-order valence-corrected chi connectivity index (χ4v) is 0. The summed E-state index contributed by atoms with van der Waals surface area (Å²) in [6, 6.07) is 0. The molecule has 7 heavy (non-hydrogen) atoms. The van der Waals surface area contributed by atoms with Crippen molar-refractivity contribution < 1.29 is 0 Å². The van der Waals surface area contributed by atoms with Crippen LogP contribution in [0.5, 0.6) is 0 Å². The van der Waals surface area contributed by atoms with Crippen molar-refractivity contribution in [2.24, 2.45) is 11.7 Å². The molecule has 0 aliphatic heterocycles. The quantitative estimate of drug-likeness (QED) is 0.281. The summed E-state index contributed by atoms with van der Waals surface area (Å²) in [5.74, 6) is 8.00. The largest absolute Gasteiger partial charge is 0.274 e. The average Bonchev–Trinajstić information content (AvgIpc) is 1.73. The van der Waals surface area contributed by atoms with Gasteiger partial charge in [0.1, 0.15) is 0 Å². The summed E-state index contributed by atoms with van der Waals surface area (Å²) in [4.78, 5) is 0. The van der Waals surface area contributed by atoms with Crippen LogP contribution >= 0.6 is 0 Å². The van der Waals surface area contributed by atoms with E-state index in [2.05, 4.69) is 17.1 Å². The van der Waals surface area contributed by atoms with Crippen LogP contribution in [0.1, 0.15) is 0 Å². The second-order valence-corrected chi connectivity index (χ2v) is 1.12. The van der Waals surface area contributed by atoms with Crippen LogP contribution in [0, 0.1) is 0 Å². The van der Waals surface area contributed by atoms with Crippen LogP contribution in [0.15, 0.2) is 0 Å². The Labute approximate surface area is 44.4 Å². The topological polar surface area (TPSA) is 67.3 Å². The molecule has 0 aromatic rings. The molecule has 0 amide bonds. The van der Waals surface area contributed by atoms with E-state index in [1.54, 1.807) is 0 Å². The van der Waals surface area contributed by atoms with Gasteiger partial charge in [-0.1, -0.05) is 0 Å². The van der Waals surface area contributed by atoms with Gasteiger partial charge in [0.25, 0.3) is 0 Å². The molecule has 0 aliphatic rings. The minimum atomic E-state index is 1.88. The van der Waals surface area contributed by atoms with Crippen molar-refractivity contribution in [3.05, 3.63) is 0 Å². The molecule has 0 atom stereocenters. The van der Waals surface area contributed by atoms with Gasteiger partial charge in [-0.3, -0.25) is 22.1 Å². The minimum absolute atomic E-state index is 1.88. The normalized spacial score (nSPS) is 7.71. The van der Waals surface area contributed by atoms with E-state index in [1.807, 2.05) is 26.2 Å². The third-order valence-corrected chi connectivity index (χ3v) is 0.447. The van der Waals surface area contributed by atoms with Gasteiger partial charge in [-0.15, -0.1) is 0 Å². The zero-order chi connectivity index (χ0) is 6.28. The Balaban J connectivity index is 0. The van der Waals surface area contributed by atoms with Gasteiger partial charge >= 0.3 is 0 Å². The van der Waals surface area contributed by atoms with Crippen molar-refractivity contribution in [1.82, 2.24) is 10.4 Å². The monoisotopic (exact) mass is 106 g/mol. The molecule has 4 nitrogen and oxygen atoms in total. The highest BCUT2D eigenvalue weighted by Crippen LogP contribution is 1.49. The molecule has 0 saturated heterocycles. The Morgan fingerprint density at radius 2 is 1.43 bits per heavy atom. The molecule has 0 aromatic carbocycles. The minimum Gasteiger partial charge on any atom is -0.274 e. The van der Waals surface area contributed by atoms with Crippen LogP contribution in [0.4, 0.5) is 0 Å². The zero-order valence-corrected chi connectivity index (χ0v) is 5.10. The molecule has 0 fully saturated rings. The second-order valence-electron chi connectivity index (χ2n) is 1.12. The molecule has 0 heterocycles. The zero-order valence-electron chi connectivity index (χ0n) is 5.10. The van der Waals surface area contributed by atoms with E-state index in [0.29, 0.717) is 0 Å². The summed E-state index contributed by atoms with van der Waals surface area (Å²) in [7, 11) is 5.76. The van der Waals surface area contributed by atoms with Gasteiger partial charge in [-0.2, -0.15) is 0 Å². The van der Waals surface area contributed by atoms with E-state index in [0.717, 1.165) is 0 Å². The first-order valence-corrected chi connectivity index (χ1v) is 1.95. The molecule has 0 aromatic heterocycles. The van der Waals surface area contributed by atoms with Crippen LogP contribution in [-0.4, -0.2) is 26.2 Å². The third-order valence-electron chi connectivity index (χ3n) is 0.447. The maximum absolute atomic E-state index is 4.00. The number of hydrogen-bond acceptors (Lipinski definition) is 4. The Morgan fingerprint density at radius 3 is 1.43 bits per heavy atom. The first kappa shape index (κ1) is 9.96. The molecular weight excluding hydrogens is 92.1 g/mol. The van der Waals surface area contributed by atoms with Crippen molar-refractivity contribution >= 4 is 0 Å². The maximum Gasteiger partial charge on any atom is 0.00128 e. The standard InChI is InChI=1S/C3H10N2.H4N2/c1-4-5(2)3;1-2/h4H,1-3H3;1-2H2. The van der Waals surface area contributed by atoms with E-state index in [4.69, 9.17) is 0 Å². The molecule has 0 bridgehead atoms. The van der Waals surface area contributed by atoms with E-state index in [1.165, 1.54) is 0 Å². The number of hydrazine groups is 2. The lowest BCUT2D eigenvalue weighted by atomic mass is 11.1. The lowest BCUT2D eigenvalue weighted by Gasteiger charge is -2.02. The van der Waals surface area contributed by atoms with Crippen LogP contribution in [0.25, 0.3) is 0 Å². The summed E-state index contributed by atoms with van der Waals surface area (Å²) in [5.41, 5.74) is 2.86.